The molecule has 1 fully saturated rings. The molecule has 0 radical (unpaired) electrons. The van der Waals surface area contributed by atoms with Crippen molar-refractivity contribution >= 4 is 10.0 Å². The van der Waals surface area contributed by atoms with E-state index in [1.165, 1.54) is 4.31 Å². The van der Waals surface area contributed by atoms with Crippen molar-refractivity contribution in [3.63, 3.8) is 0 Å². The van der Waals surface area contributed by atoms with Crippen molar-refractivity contribution in [2.75, 3.05) is 6.54 Å². The van der Waals surface area contributed by atoms with E-state index in [1.54, 1.807) is 24.3 Å². The van der Waals surface area contributed by atoms with Crippen LogP contribution in [0.4, 0.5) is 0 Å². The van der Waals surface area contributed by atoms with Gasteiger partial charge >= 0.3 is 0 Å². The molecular formula is C13H13NO3S. The topological polar surface area (TPSA) is 46.6 Å². The van der Waals surface area contributed by atoms with Crippen LogP contribution in [0.25, 0.3) is 0 Å². The van der Waals surface area contributed by atoms with Crippen molar-refractivity contribution in [2.24, 2.45) is 0 Å². The summed E-state index contributed by atoms with van der Waals surface area (Å²) in [7, 11) is -3.49. The first-order valence-corrected chi connectivity index (χ1v) is 7.32. The summed E-state index contributed by atoms with van der Waals surface area (Å²) in [4.78, 5) is 0.217. The Labute approximate surface area is 107 Å². The molecule has 0 saturated carbocycles. The first-order valence-electron chi connectivity index (χ1n) is 5.88. The molecule has 2 heterocycles. The quantitative estimate of drug-likeness (QED) is 0.661. The summed E-state index contributed by atoms with van der Waals surface area (Å²) in [6.07, 6.45) is 6.55. The molecule has 3 rings (SSSR count). The molecule has 0 spiro atoms. The molecule has 5 heteroatoms. The second-order valence-corrected chi connectivity index (χ2v) is 6.34. The molecule has 2 aliphatic heterocycles. The lowest BCUT2D eigenvalue weighted by Crippen LogP contribution is -2.42. The monoisotopic (exact) mass is 263 g/mol. The van der Waals surface area contributed by atoms with Crippen LogP contribution in [0, 0.1) is 12.3 Å². The lowest BCUT2D eigenvalue weighted by Gasteiger charge is -2.23. The lowest BCUT2D eigenvalue weighted by molar-refractivity contribution is 0.184. The zero-order chi connectivity index (χ0) is 12.8. The van der Waals surface area contributed by atoms with E-state index in [2.05, 4.69) is 5.92 Å². The molecular weight excluding hydrogens is 250 g/mol. The number of terminal acetylenes is 1. The zero-order valence-corrected chi connectivity index (χ0v) is 10.6. The van der Waals surface area contributed by atoms with Crippen LogP contribution in [0.2, 0.25) is 0 Å². The Morgan fingerprint density at radius 3 is 2.94 bits per heavy atom. The van der Waals surface area contributed by atoms with Gasteiger partial charge in [0.2, 0.25) is 10.0 Å². The number of ether oxygens (including phenoxy) is 1. The summed E-state index contributed by atoms with van der Waals surface area (Å²) in [6, 6.07) is 6.42. The van der Waals surface area contributed by atoms with Crippen LogP contribution in [0.15, 0.2) is 29.2 Å². The molecule has 1 aromatic carbocycles. The number of hydrogen-bond donors (Lipinski definition) is 0. The highest BCUT2D eigenvalue weighted by atomic mass is 32.2. The van der Waals surface area contributed by atoms with E-state index in [0.29, 0.717) is 12.3 Å². The van der Waals surface area contributed by atoms with Crippen molar-refractivity contribution in [1.29, 1.82) is 0 Å². The minimum atomic E-state index is -3.49. The van der Waals surface area contributed by atoms with E-state index in [1.807, 2.05) is 0 Å². The first kappa shape index (κ1) is 11.6. The fourth-order valence-corrected chi connectivity index (χ4v) is 4.43. The molecule has 0 amide bonds. The molecule has 1 saturated heterocycles. The molecule has 0 N–H and O–H groups in total. The Morgan fingerprint density at radius 1 is 1.39 bits per heavy atom. The van der Waals surface area contributed by atoms with Crippen molar-refractivity contribution in [3.05, 3.63) is 24.3 Å². The third-order valence-electron chi connectivity index (χ3n) is 3.45. The third-order valence-corrected chi connectivity index (χ3v) is 5.42. The highest BCUT2D eigenvalue weighted by Crippen LogP contribution is 2.37. The van der Waals surface area contributed by atoms with Crippen LogP contribution >= 0.6 is 0 Å². The minimum Gasteiger partial charge on any atom is -0.475 e. The first-order chi connectivity index (χ1) is 8.64. The summed E-state index contributed by atoms with van der Waals surface area (Å²) in [5.74, 6) is 2.92. The largest absolute Gasteiger partial charge is 0.475 e. The van der Waals surface area contributed by atoms with Gasteiger partial charge in [0.05, 0.1) is 6.04 Å². The Bertz CT molecular complexity index is 617. The van der Waals surface area contributed by atoms with Crippen molar-refractivity contribution < 1.29 is 13.2 Å². The van der Waals surface area contributed by atoms with Gasteiger partial charge in [0.15, 0.2) is 6.10 Å². The summed E-state index contributed by atoms with van der Waals surface area (Å²) in [5.41, 5.74) is 0. The maximum atomic E-state index is 12.5. The highest BCUT2D eigenvalue weighted by molar-refractivity contribution is 7.89. The average molecular weight is 263 g/mol. The van der Waals surface area contributed by atoms with Gasteiger partial charge in [0.25, 0.3) is 0 Å². The van der Waals surface area contributed by atoms with Crippen molar-refractivity contribution in [2.45, 2.75) is 29.9 Å². The Hall–Kier alpha value is -1.51. The van der Waals surface area contributed by atoms with Gasteiger partial charge in [0, 0.05) is 6.54 Å². The summed E-state index contributed by atoms with van der Waals surface area (Å²) in [5, 5.41) is 0. The van der Waals surface area contributed by atoms with Gasteiger partial charge in [-0.1, -0.05) is 18.1 Å². The van der Waals surface area contributed by atoms with Crippen LogP contribution in [-0.4, -0.2) is 31.4 Å². The van der Waals surface area contributed by atoms with E-state index in [0.717, 1.165) is 12.8 Å². The maximum Gasteiger partial charge on any atom is 0.247 e. The number of sulfonamides is 1. The summed E-state index contributed by atoms with van der Waals surface area (Å²) < 4.78 is 32.3. The van der Waals surface area contributed by atoms with Gasteiger partial charge in [-0.25, -0.2) is 8.42 Å². The number of hydrogen-bond acceptors (Lipinski definition) is 3. The van der Waals surface area contributed by atoms with Crippen LogP contribution in [-0.2, 0) is 10.0 Å². The van der Waals surface area contributed by atoms with Crippen molar-refractivity contribution in [1.82, 2.24) is 4.31 Å². The number of nitrogens with zero attached hydrogens (tertiary/aromatic N) is 1. The van der Waals surface area contributed by atoms with Crippen molar-refractivity contribution in [3.8, 4) is 18.1 Å². The smallest absolute Gasteiger partial charge is 0.247 e. The molecule has 94 valence electrons. The van der Waals surface area contributed by atoms with Gasteiger partial charge in [0.1, 0.15) is 10.6 Å². The molecule has 2 atom stereocenters. The molecule has 0 aliphatic carbocycles. The average Bonchev–Trinajstić information content (AvgIpc) is 2.83. The standard InChI is InChI=1S/C13H13NO3S/c1-2-11-10-6-5-9-14(10)18(15,16)13-8-4-3-7-12(13)17-11/h1,3-4,7-8,10-11H,5-6,9H2/t10-,11+/m0/s1. The summed E-state index contributed by atoms with van der Waals surface area (Å²) in [6.45, 7) is 0.517. The molecule has 0 unspecified atom stereocenters. The molecule has 2 aliphatic rings. The van der Waals surface area contributed by atoms with Crippen LogP contribution < -0.4 is 4.74 Å². The molecule has 0 aromatic heterocycles. The fourth-order valence-electron chi connectivity index (χ4n) is 2.61. The number of benzene rings is 1. The Balaban J connectivity index is 2.21. The second kappa shape index (κ2) is 4.01. The van der Waals surface area contributed by atoms with Gasteiger partial charge < -0.3 is 4.74 Å². The number of fused-ring (bicyclic) bond motifs is 2. The van der Waals surface area contributed by atoms with Gasteiger partial charge in [-0.2, -0.15) is 4.31 Å². The van der Waals surface area contributed by atoms with Crippen LogP contribution in [0.1, 0.15) is 12.8 Å². The zero-order valence-electron chi connectivity index (χ0n) is 9.74. The number of rotatable bonds is 0. The minimum absolute atomic E-state index is 0.217. The predicted octanol–water partition coefficient (Wildman–Crippen LogP) is 1.23. The Kier molecular flexibility index (Phi) is 2.58. The normalized spacial score (nSPS) is 29.5. The van der Waals surface area contributed by atoms with Crippen LogP contribution in [0.3, 0.4) is 0 Å². The molecule has 0 bridgehead atoms. The molecule has 4 nitrogen and oxygen atoms in total. The molecule has 1 aromatic rings. The SMILES string of the molecule is C#C[C@H]1Oc2ccccc2S(=O)(=O)N2CCC[C@@H]12. The van der Waals surface area contributed by atoms with Gasteiger partial charge in [-0.3, -0.25) is 0 Å². The van der Waals surface area contributed by atoms with E-state index in [4.69, 9.17) is 11.2 Å². The third kappa shape index (κ3) is 1.53. The van der Waals surface area contributed by atoms with Gasteiger partial charge in [-0.05, 0) is 25.0 Å². The van der Waals surface area contributed by atoms with E-state index in [9.17, 15) is 8.42 Å². The van der Waals surface area contributed by atoms with Gasteiger partial charge in [-0.15, -0.1) is 6.42 Å². The lowest BCUT2D eigenvalue weighted by atomic mass is 10.1. The number of para-hydroxylation sites is 1. The summed E-state index contributed by atoms with van der Waals surface area (Å²) >= 11 is 0. The fraction of sp³-hybridized carbons (Fsp3) is 0.385. The maximum absolute atomic E-state index is 12.5. The van der Waals surface area contributed by atoms with E-state index in [-0.39, 0.29) is 10.9 Å². The molecule has 18 heavy (non-hydrogen) atoms. The highest BCUT2D eigenvalue weighted by Gasteiger charge is 2.44. The second-order valence-electron chi connectivity index (χ2n) is 4.48. The van der Waals surface area contributed by atoms with Crippen LogP contribution in [0.5, 0.6) is 5.75 Å². The van der Waals surface area contributed by atoms with E-state index < -0.39 is 16.1 Å². The Morgan fingerprint density at radius 2 is 2.17 bits per heavy atom. The predicted molar refractivity (Wildman–Crippen MR) is 66.6 cm³/mol. The van der Waals surface area contributed by atoms with E-state index >= 15 is 0 Å².